The molecule has 3 rings (SSSR count). The number of thioether (sulfide) groups is 1. The van der Waals surface area contributed by atoms with Crippen LogP contribution in [0, 0.1) is 6.92 Å². The molecule has 26 heavy (non-hydrogen) atoms. The highest BCUT2D eigenvalue weighted by Gasteiger charge is 2.25. The first-order chi connectivity index (χ1) is 12.6. The topological polar surface area (TPSA) is 62.6 Å². The fourth-order valence-corrected chi connectivity index (χ4v) is 3.80. The zero-order valence-electron chi connectivity index (χ0n) is 14.9. The molecule has 0 aliphatic carbocycles. The van der Waals surface area contributed by atoms with Crippen molar-refractivity contribution in [3.8, 4) is 0 Å². The van der Waals surface area contributed by atoms with E-state index in [9.17, 15) is 9.59 Å². The number of rotatable bonds is 6. The molecule has 0 atom stereocenters. The maximum Gasteiger partial charge on any atom is 0.289 e. The normalized spacial score (nSPS) is 15.0. The summed E-state index contributed by atoms with van der Waals surface area (Å²) in [7, 11) is 0. The van der Waals surface area contributed by atoms with Gasteiger partial charge in [-0.25, -0.2) is 0 Å². The van der Waals surface area contributed by atoms with Gasteiger partial charge in [-0.15, -0.1) is 11.8 Å². The molecular formula is C20H24N2O3S. The highest BCUT2D eigenvalue weighted by Crippen LogP contribution is 2.16. The fraction of sp³-hybridized carbons (Fsp3) is 0.400. The van der Waals surface area contributed by atoms with E-state index in [-0.39, 0.29) is 17.9 Å². The summed E-state index contributed by atoms with van der Waals surface area (Å²) in [5.74, 6) is 1.66. The molecule has 0 saturated carbocycles. The number of nitrogens with one attached hydrogen (secondary N) is 1. The van der Waals surface area contributed by atoms with Crippen LogP contribution >= 0.6 is 11.8 Å². The van der Waals surface area contributed by atoms with Gasteiger partial charge in [-0.3, -0.25) is 9.59 Å². The summed E-state index contributed by atoms with van der Waals surface area (Å²) < 4.78 is 5.16. The molecule has 6 heteroatoms. The summed E-state index contributed by atoms with van der Waals surface area (Å²) in [6.45, 7) is 3.35. The number of aryl methyl sites for hydroxylation is 1. The SMILES string of the molecule is Cc1ccc(CSCC(=O)NC2CCN(C(=O)c3ccco3)CC2)cc1. The van der Waals surface area contributed by atoms with Crippen LogP contribution in [0.15, 0.2) is 47.1 Å². The molecule has 2 heterocycles. The summed E-state index contributed by atoms with van der Waals surface area (Å²) in [5.41, 5.74) is 2.48. The number of carbonyl (C=O) groups is 2. The van der Waals surface area contributed by atoms with Gasteiger partial charge in [0, 0.05) is 24.9 Å². The number of amides is 2. The Morgan fingerprint density at radius 3 is 2.58 bits per heavy atom. The van der Waals surface area contributed by atoms with Crippen molar-refractivity contribution in [3.05, 3.63) is 59.5 Å². The van der Waals surface area contributed by atoms with Crippen molar-refractivity contribution in [2.24, 2.45) is 0 Å². The van der Waals surface area contributed by atoms with Crippen molar-refractivity contribution in [1.82, 2.24) is 10.2 Å². The third-order valence-corrected chi connectivity index (χ3v) is 5.51. The maximum absolute atomic E-state index is 12.2. The van der Waals surface area contributed by atoms with E-state index in [4.69, 9.17) is 4.42 Å². The third-order valence-electron chi connectivity index (χ3n) is 4.50. The number of piperidine rings is 1. The molecule has 0 radical (unpaired) electrons. The Morgan fingerprint density at radius 1 is 1.19 bits per heavy atom. The van der Waals surface area contributed by atoms with Gasteiger partial charge in [-0.2, -0.15) is 0 Å². The van der Waals surface area contributed by atoms with Crippen LogP contribution in [-0.4, -0.2) is 41.6 Å². The van der Waals surface area contributed by atoms with E-state index in [1.807, 2.05) is 0 Å². The van der Waals surface area contributed by atoms with Gasteiger partial charge < -0.3 is 14.6 Å². The summed E-state index contributed by atoms with van der Waals surface area (Å²) in [4.78, 5) is 26.1. The van der Waals surface area contributed by atoms with E-state index in [2.05, 4.69) is 36.5 Å². The van der Waals surface area contributed by atoms with Crippen LogP contribution in [-0.2, 0) is 10.5 Å². The molecule has 2 aromatic rings. The van der Waals surface area contributed by atoms with Gasteiger partial charge in [-0.1, -0.05) is 29.8 Å². The second-order valence-electron chi connectivity index (χ2n) is 6.59. The highest BCUT2D eigenvalue weighted by molar-refractivity contribution is 7.99. The van der Waals surface area contributed by atoms with Crippen LogP contribution in [0.3, 0.4) is 0 Å². The minimum Gasteiger partial charge on any atom is -0.459 e. The standard InChI is InChI=1S/C20H24N2O3S/c1-15-4-6-16(7-5-15)13-26-14-19(23)21-17-8-10-22(11-9-17)20(24)18-3-2-12-25-18/h2-7,12,17H,8-11,13-14H2,1H3,(H,21,23). The smallest absolute Gasteiger partial charge is 0.289 e. The monoisotopic (exact) mass is 372 g/mol. The number of benzene rings is 1. The van der Waals surface area contributed by atoms with Crippen LogP contribution < -0.4 is 5.32 Å². The summed E-state index contributed by atoms with van der Waals surface area (Å²) in [6.07, 6.45) is 3.07. The Hall–Kier alpha value is -2.21. The Kier molecular flexibility index (Phi) is 6.39. The van der Waals surface area contributed by atoms with Crippen molar-refractivity contribution in [1.29, 1.82) is 0 Å². The van der Waals surface area contributed by atoms with E-state index in [0.717, 1.165) is 18.6 Å². The first kappa shape index (κ1) is 18.6. The average Bonchev–Trinajstić information content (AvgIpc) is 3.18. The van der Waals surface area contributed by atoms with Gasteiger partial charge in [0.25, 0.3) is 5.91 Å². The lowest BCUT2D eigenvalue weighted by atomic mass is 10.0. The molecule has 1 aliphatic heterocycles. The lowest BCUT2D eigenvalue weighted by Crippen LogP contribution is -2.46. The predicted molar refractivity (Wildman–Crippen MR) is 103 cm³/mol. The molecule has 0 unspecified atom stereocenters. The number of hydrogen-bond donors (Lipinski definition) is 1. The molecular weight excluding hydrogens is 348 g/mol. The van der Waals surface area contributed by atoms with Crippen molar-refractivity contribution >= 4 is 23.6 Å². The van der Waals surface area contributed by atoms with Gasteiger partial charge in [-0.05, 0) is 37.5 Å². The Labute approximate surface area is 158 Å². The lowest BCUT2D eigenvalue weighted by Gasteiger charge is -2.31. The zero-order chi connectivity index (χ0) is 18.4. The molecule has 1 aliphatic rings. The van der Waals surface area contributed by atoms with Crippen molar-refractivity contribution in [3.63, 3.8) is 0 Å². The van der Waals surface area contributed by atoms with Gasteiger partial charge in [0.1, 0.15) is 0 Å². The Balaban J connectivity index is 1.35. The summed E-state index contributed by atoms with van der Waals surface area (Å²) >= 11 is 1.62. The van der Waals surface area contributed by atoms with Gasteiger partial charge in [0.15, 0.2) is 5.76 Å². The van der Waals surface area contributed by atoms with E-state index < -0.39 is 0 Å². The quantitative estimate of drug-likeness (QED) is 0.846. The first-order valence-corrected chi connectivity index (χ1v) is 10.0. The van der Waals surface area contributed by atoms with Crippen LogP contribution in [0.2, 0.25) is 0 Å². The van der Waals surface area contributed by atoms with Gasteiger partial charge >= 0.3 is 0 Å². The Bertz CT molecular complexity index is 720. The maximum atomic E-state index is 12.2. The second-order valence-corrected chi connectivity index (χ2v) is 7.58. The molecule has 1 aromatic carbocycles. The Morgan fingerprint density at radius 2 is 1.92 bits per heavy atom. The number of nitrogens with zero attached hydrogens (tertiary/aromatic N) is 1. The molecule has 138 valence electrons. The molecule has 1 fully saturated rings. The van der Waals surface area contributed by atoms with Gasteiger partial charge in [0.2, 0.25) is 5.91 Å². The largest absolute Gasteiger partial charge is 0.459 e. The molecule has 1 aromatic heterocycles. The van der Waals surface area contributed by atoms with Crippen molar-refractivity contribution < 1.29 is 14.0 Å². The van der Waals surface area contributed by atoms with Crippen LogP contribution in [0.5, 0.6) is 0 Å². The molecule has 0 spiro atoms. The lowest BCUT2D eigenvalue weighted by molar-refractivity contribution is -0.119. The third kappa shape index (κ3) is 5.14. The zero-order valence-corrected chi connectivity index (χ0v) is 15.8. The number of carbonyl (C=O) groups excluding carboxylic acids is 2. The van der Waals surface area contributed by atoms with Crippen molar-refractivity contribution in [2.75, 3.05) is 18.8 Å². The van der Waals surface area contributed by atoms with Crippen molar-refractivity contribution in [2.45, 2.75) is 31.6 Å². The first-order valence-electron chi connectivity index (χ1n) is 8.87. The minimum absolute atomic E-state index is 0.0675. The second kappa shape index (κ2) is 8.94. The number of furan rings is 1. The number of hydrogen-bond acceptors (Lipinski definition) is 4. The highest BCUT2D eigenvalue weighted by atomic mass is 32.2. The average molecular weight is 372 g/mol. The fourth-order valence-electron chi connectivity index (χ4n) is 3.00. The van der Waals surface area contributed by atoms with Crippen LogP contribution in [0.4, 0.5) is 0 Å². The molecule has 1 N–H and O–H groups in total. The molecule has 2 amide bonds. The van der Waals surface area contributed by atoms with E-state index in [1.54, 1.807) is 28.8 Å². The van der Waals surface area contributed by atoms with Crippen LogP contribution in [0.25, 0.3) is 0 Å². The minimum atomic E-state index is -0.0755. The number of likely N-dealkylation sites (tertiary alicyclic amines) is 1. The predicted octanol–water partition coefficient (Wildman–Crippen LogP) is 3.24. The summed E-state index contributed by atoms with van der Waals surface area (Å²) in [6, 6.07) is 11.9. The van der Waals surface area contributed by atoms with E-state index >= 15 is 0 Å². The molecule has 0 bridgehead atoms. The molecule has 5 nitrogen and oxygen atoms in total. The van der Waals surface area contributed by atoms with Gasteiger partial charge in [0.05, 0.1) is 12.0 Å². The molecule has 1 saturated heterocycles. The van der Waals surface area contributed by atoms with E-state index in [0.29, 0.717) is 24.6 Å². The summed E-state index contributed by atoms with van der Waals surface area (Å²) in [5, 5.41) is 3.09. The van der Waals surface area contributed by atoms with Crippen LogP contribution in [0.1, 0.15) is 34.5 Å². The van der Waals surface area contributed by atoms with E-state index in [1.165, 1.54) is 17.4 Å².